The summed E-state index contributed by atoms with van der Waals surface area (Å²) in [6, 6.07) is 5.61. The Morgan fingerprint density at radius 2 is 2.24 bits per heavy atom. The van der Waals surface area contributed by atoms with Crippen LogP contribution in [0.3, 0.4) is 0 Å². The number of ether oxygens (including phenoxy) is 1. The first kappa shape index (κ1) is 15.4. The number of methoxy groups -OCH3 is 1. The van der Waals surface area contributed by atoms with Crippen molar-refractivity contribution in [3.8, 4) is 5.75 Å². The minimum Gasteiger partial charge on any atom is -0.496 e. The molecule has 1 aromatic rings. The van der Waals surface area contributed by atoms with E-state index in [0.717, 1.165) is 11.3 Å². The van der Waals surface area contributed by atoms with Gasteiger partial charge in [0.05, 0.1) is 7.11 Å². The number of benzene rings is 1. The van der Waals surface area contributed by atoms with Gasteiger partial charge in [0.1, 0.15) is 11.8 Å². The standard InChI is InChI=1S/C16H22N2O3/c1-10(2)11-4-6-14(21-3)12(8-11)9-17-16(20)13-5-7-15(19)18-13/h4,6,8,10,13H,5,7,9H2,1-3H3,(H,17,20)(H,18,19). The van der Waals surface area contributed by atoms with Crippen molar-refractivity contribution in [1.82, 2.24) is 10.6 Å². The first-order valence-electron chi connectivity index (χ1n) is 7.25. The number of hydrogen-bond donors (Lipinski definition) is 2. The lowest BCUT2D eigenvalue weighted by Gasteiger charge is -2.15. The minimum absolute atomic E-state index is 0.0606. The van der Waals surface area contributed by atoms with E-state index in [4.69, 9.17) is 4.74 Å². The van der Waals surface area contributed by atoms with E-state index < -0.39 is 6.04 Å². The monoisotopic (exact) mass is 290 g/mol. The van der Waals surface area contributed by atoms with Crippen molar-refractivity contribution < 1.29 is 14.3 Å². The summed E-state index contributed by atoms with van der Waals surface area (Å²) in [5.74, 6) is 0.974. The smallest absolute Gasteiger partial charge is 0.242 e. The van der Waals surface area contributed by atoms with Crippen LogP contribution in [0.2, 0.25) is 0 Å². The molecule has 0 bridgehead atoms. The molecule has 5 nitrogen and oxygen atoms in total. The fourth-order valence-corrected chi connectivity index (χ4v) is 2.41. The number of hydrogen-bond acceptors (Lipinski definition) is 3. The Hall–Kier alpha value is -2.04. The third-order valence-electron chi connectivity index (χ3n) is 3.74. The predicted molar refractivity (Wildman–Crippen MR) is 80.1 cm³/mol. The molecule has 1 unspecified atom stereocenters. The molecule has 0 aromatic heterocycles. The highest BCUT2D eigenvalue weighted by Crippen LogP contribution is 2.24. The Labute approximate surface area is 125 Å². The Kier molecular flexibility index (Phi) is 4.83. The van der Waals surface area contributed by atoms with Gasteiger partial charge in [0.15, 0.2) is 0 Å². The highest BCUT2D eigenvalue weighted by molar-refractivity contribution is 5.90. The third kappa shape index (κ3) is 3.74. The summed E-state index contributed by atoms with van der Waals surface area (Å²) >= 11 is 0. The molecule has 0 spiro atoms. The molecule has 0 aliphatic carbocycles. The molecule has 21 heavy (non-hydrogen) atoms. The SMILES string of the molecule is COc1ccc(C(C)C)cc1CNC(=O)C1CCC(=O)N1. The number of amides is 2. The summed E-state index contributed by atoms with van der Waals surface area (Å²) in [7, 11) is 1.62. The Balaban J connectivity index is 2.03. The zero-order valence-electron chi connectivity index (χ0n) is 12.7. The molecule has 1 fully saturated rings. The van der Waals surface area contributed by atoms with Gasteiger partial charge >= 0.3 is 0 Å². The molecule has 1 saturated heterocycles. The van der Waals surface area contributed by atoms with Gasteiger partial charge in [-0.3, -0.25) is 9.59 Å². The number of carbonyl (C=O) groups is 2. The van der Waals surface area contributed by atoms with E-state index >= 15 is 0 Å². The summed E-state index contributed by atoms with van der Waals surface area (Å²) in [5.41, 5.74) is 2.15. The molecule has 2 amide bonds. The second-order valence-electron chi connectivity index (χ2n) is 5.60. The largest absolute Gasteiger partial charge is 0.496 e. The molecule has 1 heterocycles. The van der Waals surface area contributed by atoms with Crippen molar-refractivity contribution in [2.45, 2.75) is 45.2 Å². The van der Waals surface area contributed by atoms with Crippen LogP contribution in [0.1, 0.15) is 43.7 Å². The van der Waals surface area contributed by atoms with Gasteiger partial charge < -0.3 is 15.4 Å². The molecule has 1 aliphatic rings. The second-order valence-corrected chi connectivity index (χ2v) is 5.60. The van der Waals surface area contributed by atoms with Gasteiger partial charge in [-0.25, -0.2) is 0 Å². The average Bonchev–Trinajstić information content (AvgIpc) is 2.91. The van der Waals surface area contributed by atoms with Crippen molar-refractivity contribution in [2.24, 2.45) is 0 Å². The second kappa shape index (κ2) is 6.61. The van der Waals surface area contributed by atoms with Crippen molar-refractivity contribution in [1.29, 1.82) is 0 Å². The maximum atomic E-state index is 12.0. The van der Waals surface area contributed by atoms with Gasteiger partial charge in [-0.2, -0.15) is 0 Å². The lowest BCUT2D eigenvalue weighted by molar-refractivity contribution is -0.125. The number of carbonyl (C=O) groups excluding carboxylic acids is 2. The topological polar surface area (TPSA) is 67.4 Å². The van der Waals surface area contributed by atoms with E-state index in [9.17, 15) is 9.59 Å². The van der Waals surface area contributed by atoms with Gasteiger partial charge in [0.2, 0.25) is 11.8 Å². The zero-order chi connectivity index (χ0) is 15.4. The molecule has 1 atom stereocenters. The maximum Gasteiger partial charge on any atom is 0.242 e. The van der Waals surface area contributed by atoms with E-state index in [1.807, 2.05) is 12.1 Å². The van der Waals surface area contributed by atoms with E-state index in [2.05, 4.69) is 30.5 Å². The average molecular weight is 290 g/mol. The van der Waals surface area contributed by atoms with Crippen LogP contribution in [0.4, 0.5) is 0 Å². The summed E-state index contributed by atoms with van der Waals surface area (Å²) in [6.07, 6.45) is 0.984. The van der Waals surface area contributed by atoms with Gasteiger partial charge in [-0.1, -0.05) is 26.0 Å². The first-order chi connectivity index (χ1) is 10.0. The Morgan fingerprint density at radius 3 is 2.81 bits per heavy atom. The van der Waals surface area contributed by atoms with Gasteiger partial charge in [0, 0.05) is 18.5 Å². The van der Waals surface area contributed by atoms with Crippen molar-refractivity contribution in [2.75, 3.05) is 7.11 Å². The molecule has 2 rings (SSSR count). The van der Waals surface area contributed by atoms with E-state index in [1.54, 1.807) is 7.11 Å². The quantitative estimate of drug-likeness (QED) is 0.867. The predicted octanol–water partition coefficient (Wildman–Crippen LogP) is 1.71. The highest BCUT2D eigenvalue weighted by Gasteiger charge is 2.26. The summed E-state index contributed by atoms with van der Waals surface area (Å²) in [6.45, 7) is 4.64. The maximum absolute atomic E-state index is 12.0. The van der Waals surface area contributed by atoms with Gasteiger partial charge in [-0.05, 0) is 24.0 Å². The van der Waals surface area contributed by atoms with Crippen LogP contribution in [-0.4, -0.2) is 25.0 Å². The fourth-order valence-electron chi connectivity index (χ4n) is 2.41. The molecule has 1 aromatic carbocycles. The summed E-state index contributed by atoms with van der Waals surface area (Å²) in [5, 5.41) is 5.53. The first-order valence-corrected chi connectivity index (χ1v) is 7.25. The van der Waals surface area contributed by atoms with Crippen molar-refractivity contribution in [3.63, 3.8) is 0 Å². The molecule has 2 N–H and O–H groups in total. The van der Waals surface area contributed by atoms with Crippen LogP contribution >= 0.6 is 0 Å². The van der Waals surface area contributed by atoms with Crippen LogP contribution in [0, 0.1) is 0 Å². The van der Waals surface area contributed by atoms with Crippen LogP contribution in [0.5, 0.6) is 5.75 Å². The van der Waals surface area contributed by atoms with Crippen molar-refractivity contribution >= 4 is 11.8 Å². The van der Waals surface area contributed by atoms with Crippen molar-refractivity contribution in [3.05, 3.63) is 29.3 Å². The minimum atomic E-state index is -0.406. The van der Waals surface area contributed by atoms with Gasteiger partial charge in [0.25, 0.3) is 0 Å². The van der Waals surface area contributed by atoms with Crippen LogP contribution in [-0.2, 0) is 16.1 Å². The van der Waals surface area contributed by atoms with Crippen LogP contribution in [0.15, 0.2) is 18.2 Å². The molecular formula is C16H22N2O3. The molecule has 0 radical (unpaired) electrons. The molecule has 114 valence electrons. The molecule has 0 saturated carbocycles. The highest BCUT2D eigenvalue weighted by atomic mass is 16.5. The lowest BCUT2D eigenvalue weighted by Crippen LogP contribution is -2.41. The van der Waals surface area contributed by atoms with E-state index in [-0.39, 0.29) is 11.8 Å². The third-order valence-corrected chi connectivity index (χ3v) is 3.74. The van der Waals surface area contributed by atoms with Gasteiger partial charge in [-0.15, -0.1) is 0 Å². The summed E-state index contributed by atoms with van der Waals surface area (Å²) in [4.78, 5) is 23.2. The Bertz CT molecular complexity index is 540. The molecule has 5 heteroatoms. The Morgan fingerprint density at radius 1 is 1.48 bits per heavy atom. The number of rotatable bonds is 5. The van der Waals surface area contributed by atoms with E-state index in [1.165, 1.54) is 5.56 Å². The molecule has 1 aliphatic heterocycles. The zero-order valence-corrected chi connectivity index (χ0v) is 12.7. The van der Waals surface area contributed by atoms with Crippen LogP contribution in [0.25, 0.3) is 0 Å². The van der Waals surface area contributed by atoms with Crippen LogP contribution < -0.4 is 15.4 Å². The summed E-state index contributed by atoms with van der Waals surface area (Å²) < 4.78 is 5.33. The fraction of sp³-hybridized carbons (Fsp3) is 0.500. The molecular weight excluding hydrogens is 268 g/mol. The lowest BCUT2D eigenvalue weighted by atomic mass is 10.00. The normalized spacial score (nSPS) is 17.7. The van der Waals surface area contributed by atoms with E-state index in [0.29, 0.717) is 25.3 Å². The number of nitrogens with one attached hydrogen (secondary N) is 2.